The van der Waals surface area contributed by atoms with E-state index in [0.717, 1.165) is 45.9 Å². The molecule has 1 aromatic heterocycles. The molecule has 34 heavy (non-hydrogen) atoms. The van der Waals surface area contributed by atoms with Gasteiger partial charge in [-0.15, -0.1) is 22.9 Å². The number of halogens is 1. The molecular formula is C23H32ClN3O5S2. The molecule has 0 bridgehead atoms. The SMILES string of the molecule is CC(=N)C(Cl)C(O)NS(C)(=O)=O.Cc1cc(C)c(OCC2CC2)c(C)c1NC(=O)c1cccs1. The van der Waals surface area contributed by atoms with Crippen LogP contribution in [-0.2, 0) is 10.0 Å². The third-order valence-corrected chi connectivity index (χ3v) is 7.17. The topological polar surface area (TPSA) is 129 Å². The van der Waals surface area contributed by atoms with Gasteiger partial charge in [0, 0.05) is 11.3 Å². The zero-order valence-electron chi connectivity index (χ0n) is 19.9. The average molecular weight is 530 g/mol. The zero-order valence-corrected chi connectivity index (χ0v) is 22.3. The number of rotatable bonds is 9. The van der Waals surface area contributed by atoms with Crippen molar-refractivity contribution in [2.45, 2.75) is 52.1 Å². The van der Waals surface area contributed by atoms with Gasteiger partial charge in [-0.3, -0.25) is 4.79 Å². The summed E-state index contributed by atoms with van der Waals surface area (Å²) in [5, 5.41) is 20.0. The van der Waals surface area contributed by atoms with Gasteiger partial charge in [0.2, 0.25) is 10.0 Å². The van der Waals surface area contributed by atoms with E-state index in [4.69, 9.17) is 26.9 Å². The van der Waals surface area contributed by atoms with Crippen molar-refractivity contribution in [2.24, 2.45) is 5.92 Å². The molecule has 3 rings (SSSR count). The number of benzene rings is 1. The van der Waals surface area contributed by atoms with Crippen LogP contribution in [0.25, 0.3) is 0 Å². The van der Waals surface area contributed by atoms with Crippen molar-refractivity contribution in [3.05, 3.63) is 45.1 Å². The maximum Gasteiger partial charge on any atom is 0.265 e. The van der Waals surface area contributed by atoms with Gasteiger partial charge in [0.05, 0.1) is 23.4 Å². The maximum absolute atomic E-state index is 12.3. The average Bonchev–Trinajstić information content (AvgIpc) is 3.39. The van der Waals surface area contributed by atoms with Crippen molar-refractivity contribution >= 4 is 50.3 Å². The molecule has 2 atom stereocenters. The van der Waals surface area contributed by atoms with E-state index >= 15 is 0 Å². The molecule has 2 aromatic rings. The molecule has 4 N–H and O–H groups in total. The number of hydrogen-bond donors (Lipinski definition) is 4. The molecule has 1 saturated carbocycles. The fraction of sp³-hybridized carbons (Fsp3) is 0.478. The van der Waals surface area contributed by atoms with Gasteiger partial charge in [-0.2, -0.15) is 4.72 Å². The lowest BCUT2D eigenvalue weighted by atomic mass is 10.0. The van der Waals surface area contributed by atoms with Gasteiger partial charge < -0.3 is 20.6 Å². The Kier molecular flexibility index (Phi) is 10.1. The van der Waals surface area contributed by atoms with Gasteiger partial charge in [-0.25, -0.2) is 8.42 Å². The van der Waals surface area contributed by atoms with Gasteiger partial charge in [0.1, 0.15) is 17.4 Å². The van der Waals surface area contributed by atoms with Crippen LogP contribution in [0.5, 0.6) is 5.75 Å². The van der Waals surface area contributed by atoms with Crippen LogP contribution in [0.3, 0.4) is 0 Å². The highest BCUT2D eigenvalue weighted by Gasteiger charge is 2.24. The summed E-state index contributed by atoms with van der Waals surface area (Å²) in [6.45, 7) is 8.27. The Labute approximate surface area is 210 Å². The number of anilines is 1. The Bertz CT molecular complexity index is 1120. The molecule has 8 nitrogen and oxygen atoms in total. The fourth-order valence-electron chi connectivity index (χ4n) is 3.17. The molecule has 0 saturated heterocycles. The molecule has 11 heteroatoms. The second-order valence-corrected chi connectivity index (χ2v) is 11.6. The number of hydrogen-bond acceptors (Lipinski definition) is 7. The number of sulfonamides is 1. The summed E-state index contributed by atoms with van der Waals surface area (Å²) >= 11 is 6.92. The summed E-state index contributed by atoms with van der Waals surface area (Å²) in [5.74, 6) is 1.57. The summed E-state index contributed by atoms with van der Waals surface area (Å²) < 4.78 is 29.0. The predicted octanol–water partition coefficient (Wildman–Crippen LogP) is 4.22. The monoisotopic (exact) mass is 529 g/mol. The predicted molar refractivity (Wildman–Crippen MR) is 138 cm³/mol. The number of ether oxygens (including phenoxy) is 1. The van der Waals surface area contributed by atoms with E-state index in [9.17, 15) is 13.2 Å². The van der Waals surface area contributed by atoms with Crippen LogP contribution >= 0.6 is 22.9 Å². The molecule has 1 amide bonds. The first-order chi connectivity index (χ1) is 15.8. The molecule has 2 unspecified atom stereocenters. The van der Waals surface area contributed by atoms with Gasteiger partial charge in [0.25, 0.3) is 5.91 Å². The quantitative estimate of drug-likeness (QED) is 0.220. The summed E-state index contributed by atoms with van der Waals surface area (Å²) in [6, 6.07) is 5.81. The number of thiophene rings is 1. The zero-order chi connectivity index (χ0) is 25.6. The third kappa shape index (κ3) is 8.66. The van der Waals surface area contributed by atoms with Gasteiger partial charge >= 0.3 is 0 Å². The summed E-state index contributed by atoms with van der Waals surface area (Å²) in [5.41, 5.74) is 4.08. The van der Waals surface area contributed by atoms with Crippen molar-refractivity contribution in [1.82, 2.24) is 4.72 Å². The van der Waals surface area contributed by atoms with Gasteiger partial charge in [0.15, 0.2) is 0 Å². The smallest absolute Gasteiger partial charge is 0.265 e. The molecule has 0 radical (unpaired) electrons. The van der Waals surface area contributed by atoms with Crippen LogP contribution in [0.2, 0.25) is 0 Å². The minimum Gasteiger partial charge on any atom is -0.493 e. The highest BCUT2D eigenvalue weighted by atomic mass is 35.5. The van der Waals surface area contributed by atoms with Crippen molar-refractivity contribution < 1.29 is 23.1 Å². The van der Waals surface area contributed by atoms with E-state index < -0.39 is 21.6 Å². The summed E-state index contributed by atoms with van der Waals surface area (Å²) in [7, 11) is -3.48. The largest absolute Gasteiger partial charge is 0.493 e. The minimum atomic E-state index is -3.48. The number of aryl methyl sites for hydroxylation is 2. The molecule has 1 fully saturated rings. The first kappa shape index (κ1) is 28.3. The molecule has 1 aliphatic rings. The van der Waals surface area contributed by atoms with Crippen LogP contribution in [0.1, 0.15) is 46.1 Å². The molecule has 0 spiro atoms. The summed E-state index contributed by atoms with van der Waals surface area (Å²) in [4.78, 5) is 13.0. The molecule has 0 aliphatic heterocycles. The molecule has 1 aromatic carbocycles. The minimum absolute atomic E-state index is 0.000293. The number of aliphatic hydroxyl groups excluding tert-OH is 1. The third-order valence-electron chi connectivity index (χ3n) is 5.07. The van der Waals surface area contributed by atoms with Crippen LogP contribution in [-0.4, -0.2) is 49.6 Å². The van der Waals surface area contributed by atoms with E-state index in [1.54, 1.807) is 0 Å². The Hall–Kier alpha value is -1.98. The van der Waals surface area contributed by atoms with Crippen LogP contribution in [0, 0.1) is 32.1 Å². The number of nitrogens with one attached hydrogen (secondary N) is 3. The lowest BCUT2D eigenvalue weighted by Gasteiger charge is -2.18. The van der Waals surface area contributed by atoms with E-state index in [1.807, 2.05) is 36.1 Å². The Morgan fingerprint density at radius 1 is 1.32 bits per heavy atom. The number of carbonyl (C=O) groups is 1. The molecule has 188 valence electrons. The van der Waals surface area contributed by atoms with E-state index in [1.165, 1.54) is 31.1 Å². The number of amides is 1. The van der Waals surface area contributed by atoms with Crippen molar-refractivity contribution in [1.29, 1.82) is 5.41 Å². The Morgan fingerprint density at radius 2 is 1.97 bits per heavy atom. The number of carbonyl (C=O) groups excluding carboxylic acids is 1. The first-order valence-corrected chi connectivity index (χ1v) is 13.9. The van der Waals surface area contributed by atoms with Crippen LogP contribution in [0.15, 0.2) is 23.6 Å². The number of alkyl halides is 1. The molecule has 1 aliphatic carbocycles. The van der Waals surface area contributed by atoms with Crippen LogP contribution in [0.4, 0.5) is 5.69 Å². The normalized spacial score (nSPS) is 15.0. The molecular weight excluding hydrogens is 498 g/mol. The van der Waals surface area contributed by atoms with E-state index in [2.05, 4.69) is 18.3 Å². The first-order valence-electron chi connectivity index (χ1n) is 10.7. The second kappa shape index (κ2) is 12.1. The van der Waals surface area contributed by atoms with Crippen molar-refractivity contribution in [3.8, 4) is 5.75 Å². The van der Waals surface area contributed by atoms with Gasteiger partial charge in [-0.05, 0) is 69.0 Å². The Morgan fingerprint density at radius 3 is 2.47 bits per heavy atom. The van der Waals surface area contributed by atoms with E-state index in [0.29, 0.717) is 5.92 Å². The van der Waals surface area contributed by atoms with E-state index in [-0.39, 0.29) is 11.6 Å². The standard InChI is InChI=1S/C18H21NO2S.C5H11ClN2O3S/c1-11-9-12(2)17(21-10-14-6-7-14)13(3)16(11)19-18(20)15-5-4-8-22-15;1-3(7)4(6)5(9)8-12(2,10)11/h4-5,8-9,14H,6-7,10H2,1-3H3,(H,19,20);4-5,7-9H,1-2H3. The highest BCUT2D eigenvalue weighted by Crippen LogP contribution is 2.36. The maximum atomic E-state index is 12.3. The molecule has 1 heterocycles. The number of aliphatic hydroxyl groups is 1. The van der Waals surface area contributed by atoms with Crippen LogP contribution < -0.4 is 14.8 Å². The highest BCUT2D eigenvalue weighted by molar-refractivity contribution is 7.88. The van der Waals surface area contributed by atoms with Crippen molar-refractivity contribution in [3.63, 3.8) is 0 Å². The second-order valence-electron chi connectivity index (χ2n) is 8.44. The van der Waals surface area contributed by atoms with Gasteiger partial charge in [-0.1, -0.05) is 12.1 Å². The lowest BCUT2D eigenvalue weighted by Crippen LogP contribution is -2.42. The fourth-order valence-corrected chi connectivity index (χ4v) is 4.50. The summed E-state index contributed by atoms with van der Waals surface area (Å²) in [6.07, 6.45) is 2.00. The Balaban J connectivity index is 0.000000292. The lowest BCUT2D eigenvalue weighted by molar-refractivity contribution is 0.103. The van der Waals surface area contributed by atoms with Crippen molar-refractivity contribution in [2.75, 3.05) is 18.2 Å².